The Kier molecular flexibility index (Phi) is 5.87. The van der Waals surface area contributed by atoms with Crippen LogP contribution in [-0.2, 0) is 10.2 Å². The van der Waals surface area contributed by atoms with Gasteiger partial charge in [0.25, 0.3) is 5.91 Å². The number of rotatable bonds is 4. The Bertz CT molecular complexity index is 1150. The number of para-hydroxylation sites is 1. The lowest BCUT2D eigenvalue weighted by Crippen LogP contribution is -2.55. The molecule has 1 aliphatic heterocycles. The summed E-state index contributed by atoms with van der Waals surface area (Å²) in [7, 11) is 1.64. The van der Waals surface area contributed by atoms with E-state index in [0.717, 1.165) is 34.0 Å². The van der Waals surface area contributed by atoms with Crippen molar-refractivity contribution in [2.45, 2.75) is 38.1 Å². The topological polar surface area (TPSA) is 29.5 Å². The summed E-state index contributed by atoms with van der Waals surface area (Å²) in [6.45, 7) is 6.53. The molecule has 0 aromatic heterocycles. The Hall–Kier alpha value is -3.04. The molecule has 4 rings (SSSR count). The Labute approximate surface area is 195 Å². The largest absolute Gasteiger partial charge is 0.497 e. The van der Waals surface area contributed by atoms with Gasteiger partial charge in [-0.15, -0.1) is 0 Å². The van der Waals surface area contributed by atoms with Gasteiger partial charge in [0, 0.05) is 27.7 Å². The van der Waals surface area contributed by atoms with E-state index in [2.05, 4.69) is 39.0 Å². The summed E-state index contributed by atoms with van der Waals surface area (Å²) >= 11 is 6.15. The molecule has 1 unspecified atom stereocenters. The quantitative estimate of drug-likeness (QED) is 0.409. The van der Waals surface area contributed by atoms with Gasteiger partial charge >= 0.3 is 0 Å². The highest BCUT2D eigenvalue weighted by Crippen LogP contribution is 2.50. The molecule has 3 nitrogen and oxygen atoms in total. The van der Waals surface area contributed by atoms with Gasteiger partial charge in [0.15, 0.2) is 0 Å². The Morgan fingerprint density at radius 1 is 0.969 bits per heavy atom. The Morgan fingerprint density at radius 2 is 1.62 bits per heavy atom. The number of nitrogens with zero attached hydrogens (tertiary/aromatic N) is 1. The fraction of sp³-hybridized carbons (Fsp3) is 0.250. The summed E-state index contributed by atoms with van der Waals surface area (Å²) in [5, 5.41) is 0.723. The first-order chi connectivity index (χ1) is 15.2. The maximum Gasteiger partial charge on any atom is 0.251 e. The second-order valence-electron chi connectivity index (χ2n) is 9.13. The summed E-state index contributed by atoms with van der Waals surface area (Å²) in [6.07, 6.45) is 4.31. The van der Waals surface area contributed by atoms with Crippen molar-refractivity contribution in [3.63, 3.8) is 0 Å². The number of anilines is 1. The van der Waals surface area contributed by atoms with Crippen LogP contribution in [0.3, 0.4) is 0 Å². The maximum absolute atomic E-state index is 13.5. The van der Waals surface area contributed by atoms with Crippen LogP contribution in [0.1, 0.15) is 43.9 Å². The van der Waals surface area contributed by atoms with Gasteiger partial charge in [0.1, 0.15) is 5.75 Å². The molecule has 1 heterocycles. The first-order valence-electron chi connectivity index (χ1n) is 10.8. The minimum atomic E-state index is -0.385. The predicted octanol–water partition coefficient (Wildman–Crippen LogP) is 6.88. The molecule has 3 aromatic rings. The number of ether oxygens (including phenoxy) is 1. The molecule has 32 heavy (non-hydrogen) atoms. The highest BCUT2D eigenvalue weighted by atomic mass is 35.5. The van der Waals surface area contributed by atoms with Crippen LogP contribution in [0.15, 0.2) is 78.9 Å². The van der Waals surface area contributed by atoms with E-state index in [1.165, 1.54) is 5.56 Å². The lowest BCUT2D eigenvalue weighted by Gasteiger charge is -2.51. The zero-order chi connectivity index (χ0) is 22.9. The van der Waals surface area contributed by atoms with Crippen LogP contribution in [-0.4, -0.2) is 18.6 Å². The molecule has 0 saturated heterocycles. The molecule has 0 radical (unpaired) electrons. The molecule has 0 aliphatic carbocycles. The zero-order valence-electron chi connectivity index (χ0n) is 18.9. The number of amides is 1. The van der Waals surface area contributed by atoms with Gasteiger partial charge in [-0.25, -0.2) is 0 Å². The van der Waals surface area contributed by atoms with Gasteiger partial charge in [-0.2, -0.15) is 0 Å². The number of hydrogen-bond donors (Lipinski definition) is 0. The first kappa shape index (κ1) is 22.2. The van der Waals surface area contributed by atoms with E-state index in [4.69, 9.17) is 16.3 Å². The number of hydrogen-bond acceptors (Lipinski definition) is 2. The minimum absolute atomic E-state index is 0.0311. The zero-order valence-corrected chi connectivity index (χ0v) is 19.7. The van der Waals surface area contributed by atoms with Crippen LogP contribution in [0.2, 0.25) is 5.02 Å². The van der Waals surface area contributed by atoms with Crippen molar-refractivity contribution in [1.82, 2.24) is 0 Å². The van der Waals surface area contributed by atoms with Gasteiger partial charge in [-0.3, -0.25) is 4.79 Å². The molecule has 1 amide bonds. The standard InChI is InChI=1S/C28H28ClNO2/c1-27(2)19-28(3,21-12-14-22(29)15-13-21)24-7-5-6-8-25(24)30(27)26(31)18-11-20-9-16-23(32-4)17-10-20/h5-18H,19H2,1-4H3. The van der Waals surface area contributed by atoms with Crippen molar-refractivity contribution in [3.8, 4) is 5.75 Å². The third-order valence-corrected chi connectivity index (χ3v) is 6.62. The number of methoxy groups -OCH3 is 1. The molecule has 3 aromatic carbocycles. The number of benzene rings is 3. The average molecular weight is 446 g/mol. The molecule has 0 saturated carbocycles. The summed E-state index contributed by atoms with van der Waals surface area (Å²) in [5.41, 5.74) is 3.63. The second kappa shape index (κ2) is 8.48. The summed E-state index contributed by atoms with van der Waals surface area (Å²) in [4.78, 5) is 15.4. The van der Waals surface area contributed by atoms with Crippen LogP contribution < -0.4 is 9.64 Å². The number of carbonyl (C=O) groups is 1. The molecule has 0 N–H and O–H groups in total. The molecule has 1 atom stereocenters. The van der Waals surface area contributed by atoms with E-state index in [1.54, 1.807) is 13.2 Å². The summed E-state index contributed by atoms with van der Waals surface area (Å²) in [6, 6.07) is 23.9. The second-order valence-corrected chi connectivity index (χ2v) is 9.56. The van der Waals surface area contributed by atoms with Crippen LogP contribution in [0, 0.1) is 0 Å². The lowest BCUT2D eigenvalue weighted by molar-refractivity contribution is -0.115. The maximum atomic E-state index is 13.5. The van der Waals surface area contributed by atoms with Gasteiger partial charge in [-0.1, -0.05) is 61.0 Å². The third-order valence-electron chi connectivity index (χ3n) is 6.37. The van der Waals surface area contributed by atoms with Gasteiger partial charge in [0.2, 0.25) is 0 Å². The normalized spacial score (nSPS) is 19.6. The molecule has 0 bridgehead atoms. The fourth-order valence-electron chi connectivity index (χ4n) is 4.95. The minimum Gasteiger partial charge on any atom is -0.497 e. The summed E-state index contributed by atoms with van der Waals surface area (Å²) < 4.78 is 5.21. The number of fused-ring (bicyclic) bond motifs is 1. The van der Waals surface area contributed by atoms with E-state index >= 15 is 0 Å². The fourth-order valence-corrected chi connectivity index (χ4v) is 5.08. The molecule has 0 spiro atoms. The van der Waals surface area contributed by atoms with Crippen molar-refractivity contribution in [1.29, 1.82) is 0 Å². The molecule has 164 valence electrons. The summed E-state index contributed by atoms with van der Waals surface area (Å²) in [5.74, 6) is 0.762. The van der Waals surface area contributed by atoms with E-state index in [9.17, 15) is 4.79 Å². The van der Waals surface area contributed by atoms with Gasteiger partial charge in [0.05, 0.1) is 7.11 Å². The van der Waals surface area contributed by atoms with Crippen molar-refractivity contribution in [3.05, 3.63) is 101 Å². The predicted molar refractivity (Wildman–Crippen MR) is 133 cm³/mol. The SMILES string of the molecule is COc1ccc(C=CC(=O)N2c3ccccc3C(C)(c3ccc(Cl)cc3)CC2(C)C)cc1. The molecule has 4 heteroatoms. The first-order valence-corrected chi connectivity index (χ1v) is 11.1. The number of carbonyl (C=O) groups excluding carboxylic acids is 1. The van der Waals surface area contributed by atoms with Gasteiger partial charge in [-0.05, 0) is 73.4 Å². The smallest absolute Gasteiger partial charge is 0.251 e. The number of halogens is 1. The third kappa shape index (κ3) is 4.05. The Balaban J connectivity index is 1.73. The van der Waals surface area contributed by atoms with E-state index in [1.807, 2.05) is 65.6 Å². The Morgan fingerprint density at radius 3 is 2.28 bits per heavy atom. The highest BCUT2D eigenvalue weighted by Gasteiger charge is 2.47. The van der Waals surface area contributed by atoms with Crippen LogP contribution in [0.5, 0.6) is 5.75 Å². The van der Waals surface area contributed by atoms with E-state index < -0.39 is 0 Å². The van der Waals surface area contributed by atoms with Crippen LogP contribution >= 0.6 is 11.6 Å². The van der Waals surface area contributed by atoms with Crippen molar-refractivity contribution < 1.29 is 9.53 Å². The van der Waals surface area contributed by atoms with Crippen LogP contribution in [0.4, 0.5) is 5.69 Å². The molecule has 0 fully saturated rings. The van der Waals surface area contributed by atoms with Crippen LogP contribution in [0.25, 0.3) is 6.08 Å². The van der Waals surface area contributed by atoms with E-state index in [0.29, 0.717) is 0 Å². The van der Waals surface area contributed by atoms with Crippen molar-refractivity contribution >= 4 is 29.3 Å². The average Bonchev–Trinajstić information content (AvgIpc) is 2.78. The molecule has 1 aliphatic rings. The van der Waals surface area contributed by atoms with Crippen molar-refractivity contribution in [2.24, 2.45) is 0 Å². The van der Waals surface area contributed by atoms with E-state index in [-0.39, 0.29) is 16.9 Å². The monoisotopic (exact) mass is 445 g/mol. The van der Waals surface area contributed by atoms with Gasteiger partial charge < -0.3 is 9.64 Å². The molecular weight excluding hydrogens is 418 g/mol. The van der Waals surface area contributed by atoms with Crippen molar-refractivity contribution in [2.75, 3.05) is 12.0 Å². The lowest BCUT2D eigenvalue weighted by atomic mass is 9.65. The highest BCUT2D eigenvalue weighted by molar-refractivity contribution is 6.30. The molecular formula is C28H28ClNO2.